The van der Waals surface area contributed by atoms with Gasteiger partial charge in [0, 0.05) is 18.5 Å². The second-order valence-corrected chi connectivity index (χ2v) is 15.8. The van der Waals surface area contributed by atoms with Gasteiger partial charge < -0.3 is 18.9 Å². The van der Waals surface area contributed by atoms with Crippen molar-refractivity contribution >= 4 is 7.87 Å². The van der Waals surface area contributed by atoms with Gasteiger partial charge in [-0.05, 0) is 68.7 Å². The van der Waals surface area contributed by atoms with E-state index in [9.17, 15) is 24.1 Å². The summed E-state index contributed by atoms with van der Waals surface area (Å²) in [6.07, 6.45) is -1.99. The highest BCUT2D eigenvalue weighted by Gasteiger charge is 2.54. The highest BCUT2D eigenvalue weighted by molar-refractivity contribution is 7.63. The first-order valence-electron chi connectivity index (χ1n) is 17.5. The van der Waals surface area contributed by atoms with Gasteiger partial charge in [-0.15, -0.1) is 4.67 Å². The average Bonchev–Trinajstić information content (AvgIpc) is 3.54. The highest BCUT2D eigenvalue weighted by Crippen LogP contribution is 2.63. The third kappa shape index (κ3) is 8.54. The van der Waals surface area contributed by atoms with E-state index >= 15 is 0 Å². The van der Waals surface area contributed by atoms with Crippen LogP contribution < -0.4 is 20.7 Å². The number of hydrogen-bond acceptors (Lipinski definition) is 10. The van der Waals surface area contributed by atoms with Crippen molar-refractivity contribution in [2.75, 3.05) is 27.0 Å². The number of aromatic nitrogens is 2. The maximum absolute atomic E-state index is 14.6. The molecule has 0 saturated carbocycles. The molecule has 14 heteroatoms. The summed E-state index contributed by atoms with van der Waals surface area (Å²) in [6.45, 7) is 7.63. The molecule has 4 aromatic rings. The molecule has 1 unspecified atom stereocenters. The van der Waals surface area contributed by atoms with Gasteiger partial charge in [0.2, 0.25) is 5.82 Å². The van der Waals surface area contributed by atoms with Crippen molar-refractivity contribution in [2.45, 2.75) is 76.7 Å². The van der Waals surface area contributed by atoms with Crippen LogP contribution in [0.15, 0.2) is 94.6 Å². The summed E-state index contributed by atoms with van der Waals surface area (Å²) >= 11 is 0. The lowest BCUT2D eigenvalue weighted by Gasteiger charge is -2.38. The van der Waals surface area contributed by atoms with E-state index in [0.29, 0.717) is 11.5 Å². The Kier molecular flexibility index (Phi) is 12.9. The van der Waals surface area contributed by atoms with Crippen molar-refractivity contribution < 1.29 is 32.8 Å². The van der Waals surface area contributed by atoms with Crippen LogP contribution in [0.25, 0.3) is 0 Å². The number of nitrogens with zero attached hydrogens (tertiary/aromatic N) is 3. The molecule has 0 radical (unpaired) electrons. The van der Waals surface area contributed by atoms with Gasteiger partial charge in [-0.1, -0.05) is 54.6 Å². The van der Waals surface area contributed by atoms with E-state index in [1.54, 1.807) is 14.2 Å². The van der Waals surface area contributed by atoms with E-state index in [-0.39, 0.29) is 37.7 Å². The van der Waals surface area contributed by atoms with Crippen LogP contribution in [0.3, 0.4) is 0 Å². The van der Waals surface area contributed by atoms with Crippen LogP contribution in [0, 0.1) is 17.1 Å². The Labute approximate surface area is 309 Å². The molecule has 1 aromatic heterocycles. The number of nitriles is 1. The Morgan fingerprint density at radius 1 is 0.962 bits per heavy atom. The zero-order valence-corrected chi connectivity index (χ0v) is 31.7. The number of nitrogens with one attached hydrogen (secondary N) is 1. The zero-order valence-electron chi connectivity index (χ0n) is 30.8. The fourth-order valence-corrected chi connectivity index (χ4v) is 9.98. The second-order valence-electron chi connectivity index (χ2n) is 13.3. The van der Waals surface area contributed by atoms with Crippen molar-refractivity contribution in [2.24, 2.45) is 0 Å². The number of methoxy groups -OCH3 is 2. The van der Waals surface area contributed by atoms with Crippen LogP contribution >= 0.6 is 7.87 Å². The fraction of sp³-hybridized carbons (Fsp3) is 0.410. The van der Waals surface area contributed by atoms with Gasteiger partial charge in [0.1, 0.15) is 41.7 Å². The summed E-state index contributed by atoms with van der Waals surface area (Å²) < 4.78 is 48.7. The summed E-state index contributed by atoms with van der Waals surface area (Å²) in [5.74, 6) is 0.149. The molecule has 1 aliphatic heterocycles. The van der Waals surface area contributed by atoms with Gasteiger partial charge in [-0.3, -0.25) is 14.3 Å². The summed E-state index contributed by atoms with van der Waals surface area (Å²) in [6, 6.07) is 26.5. The first kappa shape index (κ1) is 39.8. The number of ether oxygens (including phenoxy) is 4. The summed E-state index contributed by atoms with van der Waals surface area (Å²) in [5.41, 5.74) is -0.915. The minimum atomic E-state index is -3.47. The lowest BCUT2D eigenvalue weighted by atomic mass is 9.80. The van der Waals surface area contributed by atoms with E-state index in [1.807, 2.05) is 116 Å². The molecular formula is C39H47FN4O8P+. The number of benzene rings is 3. The molecule has 0 bridgehead atoms. The molecule has 0 spiro atoms. The van der Waals surface area contributed by atoms with Crippen molar-refractivity contribution in [3.05, 3.63) is 128 Å². The molecule has 53 heavy (non-hydrogen) atoms. The molecule has 4 atom stereocenters. The summed E-state index contributed by atoms with van der Waals surface area (Å²) in [7, 11) is -0.290. The number of H-pyrrole nitrogens is 1. The molecule has 2 heterocycles. The van der Waals surface area contributed by atoms with E-state index in [2.05, 4.69) is 6.07 Å². The number of halogens is 1. The third-order valence-electron chi connectivity index (χ3n) is 9.29. The van der Waals surface area contributed by atoms with Crippen molar-refractivity contribution in [1.29, 1.82) is 5.26 Å². The van der Waals surface area contributed by atoms with Gasteiger partial charge in [0.05, 0.1) is 39.5 Å². The molecule has 5 rings (SSSR count). The van der Waals surface area contributed by atoms with E-state index in [4.69, 9.17) is 23.5 Å². The standard InChI is InChI=1S/C39H46FN4O8P/c1-26(2)44(27(3)4)53(47,22-10-21-41)52-34-23-36(43-24-33(40)37(45)42-38(43)46)51-35(34)25-50-39(28-11-8-7-9-12-28,29-13-17-31(48-5)18-14-29)30-15-19-32(49-6)20-16-30/h7-9,11-20,24,26-27,34-36,47H,10,22-23,25H2,1-6H3/p+1/t34-,35+,36+,53?/m0/s1. The number of rotatable bonds is 16. The monoisotopic (exact) mass is 749 g/mol. The first-order valence-corrected chi connectivity index (χ1v) is 19.3. The Bertz CT molecular complexity index is 1910. The Morgan fingerprint density at radius 3 is 2.02 bits per heavy atom. The maximum Gasteiger partial charge on any atom is 0.347 e. The van der Waals surface area contributed by atoms with Crippen molar-refractivity contribution in [3.8, 4) is 17.6 Å². The van der Waals surface area contributed by atoms with Crippen LogP contribution in [-0.4, -0.2) is 70.4 Å². The Balaban J connectivity index is 1.63. The molecule has 1 saturated heterocycles. The smallest absolute Gasteiger partial charge is 0.347 e. The topological polar surface area (TPSA) is 148 Å². The molecular weight excluding hydrogens is 702 g/mol. The van der Waals surface area contributed by atoms with Crippen LogP contribution in [0.2, 0.25) is 0 Å². The predicted octanol–water partition coefficient (Wildman–Crippen LogP) is 6.16. The van der Waals surface area contributed by atoms with E-state index < -0.39 is 49.0 Å². The molecule has 0 amide bonds. The van der Waals surface area contributed by atoms with Crippen molar-refractivity contribution in [3.63, 3.8) is 0 Å². The van der Waals surface area contributed by atoms with E-state index in [1.165, 1.54) is 0 Å². The maximum atomic E-state index is 14.6. The fourth-order valence-electron chi connectivity index (χ4n) is 7.04. The van der Waals surface area contributed by atoms with Crippen LogP contribution in [0.5, 0.6) is 11.5 Å². The normalized spacial score (nSPS) is 18.6. The third-order valence-corrected chi connectivity index (χ3v) is 12.4. The zero-order chi connectivity index (χ0) is 38.3. The summed E-state index contributed by atoms with van der Waals surface area (Å²) in [5, 5.41) is 9.56. The largest absolute Gasteiger partial charge is 0.497 e. The molecule has 2 N–H and O–H groups in total. The van der Waals surface area contributed by atoms with Crippen LogP contribution in [0.1, 0.15) is 63.5 Å². The van der Waals surface area contributed by atoms with Crippen molar-refractivity contribution in [1.82, 2.24) is 14.2 Å². The van der Waals surface area contributed by atoms with Crippen LogP contribution in [-0.2, 0) is 19.6 Å². The molecule has 1 fully saturated rings. The number of aromatic amines is 1. The minimum absolute atomic E-state index is 0.00171. The second kappa shape index (κ2) is 17.2. The first-order chi connectivity index (χ1) is 25.4. The predicted molar refractivity (Wildman–Crippen MR) is 199 cm³/mol. The van der Waals surface area contributed by atoms with Gasteiger partial charge in [-0.2, -0.15) is 14.2 Å². The van der Waals surface area contributed by atoms with Gasteiger partial charge >= 0.3 is 13.6 Å². The van der Waals surface area contributed by atoms with Gasteiger partial charge in [-0.25, -0.2) is 9.69 Å². The average molecular weight is 750 g/mol. The van der Waals surface area contributed by atoms with Gasteiger partial charge in [0.25, 0.3) is 5.56 Å². The Hall–Kier alpha value is -4.41. The lowest BCUT2D eigenvalue weighted by molar-refractivity contribution is -0.0930. The Morgan fingerprint density at radius 2 is 1.51 bits per heavy atom. The molecule has 3 aromatic carbocycles. The SMILES string of the molecule is COc1ccc(C(OC[C@H]2O[C@@H](n3cc(F)c(=O)[nH]c3=O)C[C@@H]2O[P+](O)(CCC#N)N(C(C)C)C(C)C)(c2ccccc2)c2ccc(OC)cc2)cc1. The minimum Gasteiger partial charge on any atom is -0.497 e. The van der Waals surface area contributed by atoms with E-state index in [0.717, 1.165) is 27.5 Å². The highest BCUT2D eigenvalue weighted by atomic mass is 31.2. The molecule has 282 valence electrons. The quantitative estimate of drug-likeness (QED) is 0.101. The number of hydrogen-bond donors (Lipinski definition) is 2. The molecule has 1 aliphatic rings. The van der Waals surface area contributed by atoms with Crippen LogP contribution in [0.4, 0.5) is 4.39 Å². The molecule has 12 nitrogen and oxygen atoms in total. The molecule has 0 aliphatic carbocycles. The van der Waals surface area contributed by atoms with Gasteiger partial charge in [0.15, 0.2) is 0 Å². The lowest BCUT2D eigenvalue weighted by Crippen LogP contribution is -2.42. The summed E-state index contributed by atoms with van der Waals surface area (Å²) in [4.78, 5) is 39.2.